The van der Waals surface area contributed by atoms with E-state index in [2.05, 4.69) is 15.6 Å². The van der Waals surface area contributed by atoms with Crippen LogP contribution in [0.25, 0.3) is 0 Å². The SMILES string of the molecule is CC(C)n1nccc1NC(=O)[C@@]1(C)CC(c2ccc(F)cc2)=NO1. The Balaban J connectivity index is 1.72. The fraction of sp³-hybridized carbons (Fsp3) is 0.353. The highest BCUT2D eigenvalue weighted by Gasteiger charge is 2.42. The first-order valence-corrected chi connectivity index (χ1v) is 7.75. The van der Waals surface area contributed by atoms with Crippen LogP contribution in [-0.2, 0) is 9.63 Å². The number of hydrogen-bond donors (Lipinski definition) is 1. The number of oxime groups is 1. The lowest BCUT2D eigenvalue weighted by atomic mass is 9.95. The highest BCUT2D eigenvalue weighted by atomic mass is 19.1. The minimum Gasteiger partial charge on any atom is -0.379 e. The summed E-state index contributed by atoms with van der Waals surface area (Å²) in [6.45, 7) is 5.64. The summed E-state index contributed by atoms with van der Waals surface area (Å²) in [6.07, 6.45) is 1.94. The summed E-state index contributed by atoms with van der Waals surface area (Å²) in [4.78, 5) is 18.0. The van der Waals surface area contributed by atoms with E-state index in [4.69, 9.17) is 4.84 Å². The normalized spacial score (nSPS) is 20.0. The fourth-order valence-electron chi connectivity index (χ4n) is 2.53. The molecule has 1 aliphatic heterocycles. The molecule has 0 radical (unpaired) electrons. The Morgan fingerprint density at radius 2 is 2.04 bits per heavy atom. The molecule has 0 saturated carbocycles. The van der Waals surface area contributed by atoms with Crippen molar-refractivity contribution in [1.82, 2.24) is 9.78 Å². The van der Waals surface area contributed by atoms with E-state index in [9.17, 15) is 9.18 Å². The first-order chi connectivity index (χ1) is 11.4. The molecule has 126 valence electrons. The van der Waals surface area contributed by atoms with Gasteiger partial charge >= 0.3 is 0 Å². The number of hydrogen-bond acceptors (Lipinski definition) is 4. The lowest BCUT2D eigenvalue weighted by molar-refractivity contribution is -0.136. The van der Waals surface area contributed by atoms with E-state index in [0.717, 1.165) is 5.56 Å². The van der Waals surface area contributed by atoms with Crippen molar-refractivity contribution in [3.63, 3.8) is 0 Å². The van der Waals surface area contributed by atoms with Gasteiger partial charge in [0.05, 0.1) is 11.9 Å². The molecule has 6 nitrogen and oxygen atoms in total. The van der Waals surface area contributed by atoms with Crippen LogP contribution < -0.4 is 5.32 Å². The summed E-state index contributed by atoms with van der Waals surface area (Å²) in [5.41, 5.74) is 0.237. The highest BCUT2D eigenvalue weighted by Crippen LogP contribution is 2.28. The second-order valence-electron chi connectivity index (χ2n) is 6.25. The Hall–Kier alpha value is -2.70. The van der Waals surface area contributed by atoms with Crippen LogP contribution in [0, 0.1) is 5.82 Å². The zero-order valence-corrected chi connectivity index (χ0v) is 13.8. The Kier molecular flexibility index (Phi) is 4.09. The number of aromatic nitrogens is 2. The van der Waals surface area contributed by atoms with E-state index in [-0.39, 0.29) is 17.8 Å². The molecule has 2 heterocycles. The summed E-state index contributed by atoms with van der Waals surface area (Å²) in [5.74, 6) is -0.0125. The third kappa shape index (κ3) is 3.02. The van der Waals surface area contributed by atoms with Gasteiger partial charge in [-0.1, -0.05) is 17.3 Å². The zero-order valence-electron chi connectivity index (χ0n) is 13.8. The lowest BCUT2D eigenvalue weighted by Gasteiger charge is -2.21. The van der Waals surface area contributed by atoms with Gasteiger partial charge in [-0.05, 0) is 38.5 Å². The predicted molar refractivity (Wildman–Crippen MR) is 88.3 cm³/mol. The molecular weight excluding hydrogens is 311 g/mol. The van der Waals surface area contributed by atoms with E-state index in [0.29, 0.717) is 18.0 Å². The molecule has 2 aromatic rings. The summed E-state index contributed by atoms with van der Waals surface area (Å²) in [6, 6.07) is 7.81. The summed E-state index contributed by atoms with van der Waals surface area (Å²) in [5, 5.41) is 11.0. The molecule has 3 rings (SSSR count). The van der Waals surface area contributed by atoms with Crippen LogP contribution in [0.2, 0.25) is 0 Å². The number of halogens is 1. The van der Waals surface area contributed by atoms with E-state index in [1.54, 1.807) is 36.0 Å². The number of nitrogens with one attached hydrogen (secondary N) is 1. The Morgan fingerprint density at radius 1 is 1.33 bits per heavy atom. The molecule has 0 fully saturated rings. The number of rotatable bonds is 4. The first-order valence-electron chi connectivity index (χ1n) is 7.75. The molecule has 1 amide bonds. The van der Waals surface area contributed by atoms with Crippen molar-refractivity contribution < 1.29 is 14.0 Å². The summed E-state index contributed by atoms with van der Waals surface area (Å²) < 4.78 is 14.7. The Morgan fingerprint density at radius 3 is 2.71 bits per heavy atom. The van der Waals surface area contributed by atoms with E-state index in [1.165, 1.54) is 12.1 Å². The van der Waals surface area contributed by atoms with Gasteiger partial charge in [-0.2, -0.15) is 5.10 Å². The van der Waals surface area contributed by atoms with E-state index < -0.39 is 5.60 Å². The quantitative estimate of drug-likeness (QED) is 0.936. The van der Waals surface area contributed by atoms with Crippen molar-refractivity contribution in [2.24, 2.45) is 5.16 Å². The van der Waals surface area contributed by atoms with Gasteiger partial charge in [0.1, 0.15) is 11.6 Å². The molecule has 1 atom stereocenters. The highest BCUT2D eigenvalue weighted by molar-refractivity contribution is 6.07. The summed E-state index contributed by atoms with van der Waals surface area (Å²) >= 11 is 0. The van der Waals surface area contributed by atoms with Crippen molar-refractivity contribution in [2.45, 2.75) is 38.8 Å². The monoisotopic (exact) mass is 330 g/mol. The van der Waals surface area contributed by atoms with Crippen LogP contribution in [0.4, 0.5) is 10.2 Å². The molecule has 1 aromatic heterocycles. The van der Waals surface area contributed by atoms with Crippen LogP contribution in [-0.4, -0.2) is 27.0 Å². The van der Waals surface area contributed by atoms with Crippen molar-refractivity contribution in [2.75, 3.05) is 5.32 Å². The zero-order chi connectivity index (χ0) is 17.3. The molecule has 1 N–H and O–H groups in total. The fourth-order valence-corrected chi connectivity index (χ4v) is 2.53. The van der Waals surface area contributed by atoms with Gasteiger partial charge in [-0.25, -0.2) is 9.07 Å². The minimum absolute atomic E-state index is 0.124. The molecular formula is C17H19FN4O2. The maximum Gasteiger partial charge on any atom is 0.272 e. The van der Waals surface area contributed by atoms with Gasteiger partial charge in [0, 0.05) is 18.5 Å². The standard InChI is InChI=1S/C17H19FN4O2/c1-11(2)22-15(8-9-19-22)20-16(23)17(3)10-14(21-24-17)12-4-6-13(18)7-5-12/h4-9,11H,10H2,1-3H3,(H,20,23)/t17-/m1/s1. The average molecular weight is 330 g/mol. The number of benzene rings is 1. The number of anilines is 1. The van der Waals surface area contributed by atoms with E-state index in [1.807, 2.05) is 13.8 Å². The number of nitrogens with zero attached hydrogens (tertiary/aromatic N) is 3. The molecule has 0 aliphatic carbocycles. The average Bonchev–Trinajstić information content (AvgIpc) is 3.16. The largest absolute Gasteiger partial charge is 0.379 e. The molecule has 1 aliphatic rings. The number of carbonyl (C=O) groups excluding carboxylic acids is 1. The van der Waals surface area contributed by atoms with Gasteiger partial charge in [0.25, 0.3) is 5.91 Å². The first kappa shape index (κ1) is 16.2. The summed E-state index contributed by atoms with van der Waals surface area (Å²) in [7, 11) is 0. The number of carbonyl (C=O) groups is 1. The van der Waals surface area contributed by atoms with Crippen LogP contribution in [0.3, 0.4) is 0 Å². The lowest BCUT2D eigenvalue weighted by Crippen LogP contribution is -2.40. The van der Waals surface area contributed by atoms with Gasteiger partial charge in [-0.3, -0.25) is 4.79 Å². The minimum atomic E-state index is -1.12. The topological polar surface area (TPSA) is 68.5 Å². The second-order valence-corrected chi connectivity index (χ2v) is 6.25. The molecule has 1 aromatic carbocycles. The van der Waals surface area contributed by atoms with Crippen LogP contribution in [0.15, 0.2) is 41.7 Å². The number of amides is 1. The van der Waals surface area contributed by atoms with Crippen LogP contribution >= 0.6 is 0 Å². The van der Waals surface area contributed by atoms with Crippen LogP contribution in [0.1, 0.15) is 38.8 Å². The van der Waals surface area contributed by atoms with Gasteiger partial charge in [0.2, 0.25) is 5.60 Å². The maximum absolute atomic E-state index is 13.0. The maximum atomic E-state index is 13.0. The van der Waals surface area contributed by atoms with Crippen LogP contribution in [0.5, 0.6) is 0 Å². The van der Waals surface area contributed by atoms with Gasteiger partial charge < -0.3 is 10.2 Å². The molecule has 0 bridgehead atoms. The molecule has 0 unspecified atom stereocenters. The Labute approximate surface area is 139 Å². The van der Waals surface area contributed by atoms with Crippen molar-refractivity contribution in [1.29, 1.82) is 0 Å². The third-order valence-electron chi connectivity index (χ3n) is 3.92. The van der Waals surface area contributed by atoms with Gasteiger partial charge in [-0.15, -0.1) is 0 Å². The molecule has 0 spiro atoms. The Bertz CT molecular complexity index is 782. The smallest absolute Gasteiger partial charge is 0.272 e. The van der Waals surface area contributed by atoms with Crippen molar-refractivity contribution in [3.05, 3.63) is 47.9 Å². The molecule has 7 heteroatoms. The predicted octanol–water partition coefficient (Wildman–Crippen LogP) is 3.12. The van der Waals surface area contributed by atoms with E-state index >= 15 is 0 Å². The molecule has 0 saturated heterocycles. The van der Waals surface area contributed by atoms with Crippen molar-refractivity contribution in [3.8, 4) is 0 Å². The molecule has 24 heavy (non-hydrogen) atoms. The van der Waals surface area contributed by atoms with Crippen molar-refractivity contribution >= 4 is 17.4 Å². The van der Waals surface area contributed by atoms with Gasteiger partial charge in [0.15, 0.2) is 0 Å². The third-order valence-corrected chi connectivity index (χ3v) is 3.92. The second kappa shape index (κ2) is 6.07.